The van der Waals surface area contributed by atoms with Crippen LogP contribution in [0.4, 0.5) is 4.79 Å². The summed E-state index contributed by atoms with van der Waals surface area (Å²) in [6, 6.07) is 10.4. The molecule has 1 saturated heterocycles. The van der Waals surface area contributed by atoms with Gasteiger partial charge in [0, 0.05) is 19.5 Å². The smallest absolute Gasteiger partial charge is 0.410 e. The van der Waals surface area contributed by atoms with E-state index < -0.39 is 11.2 Å². The van der Waals surface area contributed by atoms with Crippen molar-refractivity contribution in [1.29, 1.82) is 0 Å². The lowest BCUT2D eigenvalue weighted by molar-refractivity contribution is -0.154. The van der Waals surface area contributed by atoms with Crippen LogP contribution in [0.25, 0.3) is 0 Å². The highest BCUT2D eigenvalue weighted by molar-refractivity contribution is 5.69. The maximum absolute atomic E-state index is 12.6. The summed E-state index contributed by atoms with van der Waals surface area (Å²) in [6.07, 6.45) is 1.84. The van der Waals surface area contributed by atoms with Crippen LogP contribution in [0.5, 0.6) is 0 Å². The van der Waals surface area contributed by atoms with E-state index in [9.17, 15) is 9.59 Å². The number of nitrogens with one attached hydrogen (secondary N) is 1. The Morgan fingerprint density at radius 2 is 1.58 bits per heavy atom. The minimum Gasteiger partial charge on any atom is -0.460 e. The zero-order valence-electron chi connectivity index (χ0n) is 20.1. The van der Waals surface area contributed by atoms with Crippen molar-refractivity contribution in [3.8, 4) is 0 Å². The number of hydrogen-bond donors (Lipinski definition) is 1. The lowest BCUT2D eigenvalue weighted by Crippen LogP contribution is -2.36. The largest absolute Gasteiger partial charge is 0.460 e. The monoisotopic (exact) mass is 432 g/mol. The van der Waals surface area contributed by atoms with Crippen molar-refractivity contribution < 1.29 is 19.1 Å². The third kappa shape index (κ3) is 9.72. The minimum atomic E-state index is -0.496. The molecule has 6 heteroatoms. The standard InChI is InChI=1S/C25H40N2O4/c1-24(2,3)30-22(28)13-10-14-26-16-21-18-27(23(29)31-25(4,5)6)17-20(21)15-19-11-8-7-9-12-19/h7-9,11-12,20-21,26H,10,13-18H2,1-6H3/t20-,21+/m1/s1. The van der Waals surface area contributed by atoms with E-state index in [1.54, 1.807) is 0 Å². The Morgan fingerprint density at radius 1 is 0.968 bits per heavy atom. The Balaban J connectivity index is 1.86. The van der Waals surface area contributed by atoms with Gasteiger partial charge in [0.2, 0.25) is 0 Å². The molecule has 1 aliphatic rings. The summed E-state index contributed by atoms with van der Waals surface area (Å²) in [7, 11) is 0. The fourth-order valence-electron chi connectivity index (χ4n) is 3.83. The molecule has 2 atom stereocenters. The van der Waals surface area contributed by atoms with Gasteiger partial charge in [-0.05, 0) is 84.9 Å². The molecule has 1 aromatic rings. The van der Waals surface area contributed by atoms with Crippen LogP contribution in [0.3, 0.4) is 0 Å². The molecule has 174 valence electrons. The predicted octanol–water partition coefficient (Wildman–Crippen LogP) is 4.42. The molecule has 2 rings (SSSR count). The molecule has 0 radical (unpaired) electrons. The van der Waals surface area contributed by atoms with E-state index in [4.69, 9.17) is 9.47 Å². The van der Waals surface area contributed by atoms with Gasteiger partial charge in [-0.3, -0.25) is 4.79 Å². The lowest BCUT2D eigenvalue weighted by Gasteiger charge is -2.24. The Bertz CT molecular complexity index is 706. The van der Waals surface area contributed by atoms with E-state index in [1.807, 2.05) is 52.5 Å². The lowest BCUT2D eigenvalue weighted by atomic mass is 9.89. The van der Waals surface area contributed by atoms with Crippen molar-refractivity contribution in [3.63, 3.8) is 0 Å². The number of ether oxygens (including phenoxy) is 2. The van der Waals surface area contributed by atoms with Crippen LogP contribution in [0.1, 0.15) is 59.9 Å². The highest BCUT2D eigenvalue weighted by Gasteiger charge is 2.36. The maximum Gasteiger partial charge on any atom is 0.410 e. The predicted molar refractivity (Wildman–Crippen MR) is 123 cm³/mol. The van der Waals surface area contributed by atoms with Crippen LogP contribution in [0, 0.1) is 11.8 Å². The van der Waals surface area contributed by atoms with Gasteiger partial charge in [0.15, 0.2) is 0 Å². The number of rotatable bonds is 8. The van der Waals surface area contributed by atoms with Gasteiger partial charge in [0.1, 0.15) is 11.2 Å². The molecule has 0 aromatic heterocycles. The van der Waals surface area contributed by atoms with E-state index in [1.165, 1.54) is 5.56 Å². The molecule has 1 fully saturated rings. The second-order valence-corrected chi connectivity index (χ2v) is 10.5. The van der Waals surface area contributed by atoms with E-state index >= 15 is 0 Å². The third-order valence-corrected chi connectivity index (χ3v) is 5.13. The van der Waals surface area contributed by atoms with Gasteiger partial charge in [-0.25, -0.2) is 4.79 Å². The summed E-state index contributed by atoms with van der Waals surface area (Å²) in [6.45, 7) is 14.3. The number of likely N-dealkylation sites (tertiary alicyclic amines) is 1. The van der Waals surface area contributed by atoms with Crippen molar-refractivity contribution in [2.45, 2.75) is 72.0 Å². The Kier molecular flexibility index (Phi) is 8.92. The number of carbonyl (C=O) groups excluding carboxylic acids is 2. The number of amides is 1. The molecule has 1 aliphatic heterocycles. The zero-order chi connectivity index (χ0) is 23.1. The normalized spacial score (nSPS) is 19.4. The topological polar surface area (TPSA) is 67.9 Å². The van der Waals surface area contributed by atoms with Crippen molar-refractivity contribution in [3.05, 3.63) is 35.9 Å². The quantitative estimate of drug-likeness (QED) is 0.486. The maximum atomic E-state index is 12.6. The highest BCUT2D eigenvalue weighted by Crippen LogP contribution is 2.28. The molecular weight excluding hydrogens is 392 g/mol. The second-order valence-electron chi connectivity index (χ2n) is 10.5. The van der Waals surface area contributed by atoms with Crippen molar-refractivity contribution in [1.82, 2.24) is 10.2 Å². The van der Waals surface area contributed by atoms with Gasteiger partial charge >= 0.3 is 12.1 Å². The second kappa shape index (κ2) is 11.0. The van der Waals surface area contributed by atoms with E-state index in [0.29, 0.717) is 31.3 Å². The summed E-state index contributed by atoms with van der Waals surface area (Å²) in [5, 5.41) is 3.48. The van der Waals surface area contributed by atoms with E-state index in [0.717, 1.165) is 25.9 Å². The molecule has 0 unspecified atom stereocenters. The molecule has 1 heterocycles. The van der Waals surface area contributed by atoms with Crippen LogP contribution in [0.2, 0.25) is 0 Å². The Hall–Kier alpha value is -2.08. The zero-order valence-corrected chi connectivity index (χ0v) is 20.1. The van der Waals surface area contributed by atoms with Gasteiger partial charge in [-0.2, -0.15) is 0 Å². The van der Waals surface area contributed by atoms with Crippen LogP contribution < -0.4 is 5.32 Å². The van der Waals surface area contributed by atoms with Crippen LogP contribution in [-0.2, 0) is 20.7 Å². The van der Waals surface area contributed by atoms with Gasteiger partial charge in [-0.1, -0.05) is 30.3 Å². The third-order valence-electron chi connectivity index (χ3n) is 5.13. The molecular formula is C25H40N2O4. The number of benzene rings is 1. The molecule has 1 amide bonds. The molecule has 0 bridgehead atoms. The van der Waals surface area contributed by atoms with Crippen LogP contribution in [0.15, 0.2) is 30.3 Å². The summed E-state index contributed by atoms with van der Waals surface area (Å²) in [4.78, 5) is 26.3. The highest BCUT2D eigenvalue weighted by atomic mass is 16.6. The first kappa shape index (κ1) is 25.2. The molecule has 0 saturated carbocycles. The summed E-state index contributed by atoms with van der Waals surface area (Å²) in [5.41, 5.74) is 0.349. The number of nitrogens with zero attached hydrogens (tertiary/aromatic N) is 1. The SMILES string of the molecule is CC(C)(C)OC(=O)CCCNC[C@H]1CN(C(=O)OC(C)(C)C)C[C@H]1Cc1ccccc1. The van der Waals surface area contributed by atoms with Crippen LogP contribution >= 0.6 is 0 Å². The van der Waals surface area contributed by atoms with Crippen molar-refractivity contribution in [2.24, 2.45) is 11.8 Å². The molecule has 0 aliphatic carbocycles. The van der Waals surface area contributed by atoms with Crippen molar-refractivity contribution >= 4 is 12.1 Å². The summed E-state index contributed by atoms with van der Waals surface area (Å²) < 4.78 is 10.9. The first-order valence-corrected chi connectivity index (χ1v) is 11.4. The molecule has 31 heavy (non-hydrogen) atoms. The number of carbonyl (C=O) groups is 2. The van der Waals surface area contributed by atoms with Crippen LogP contribution in [-0.4, -0.2) is 54.3 Å². The van der Waals surface area contributed by atoms with Gasteiger partial charge in [0.25, 0.3) is 0 Å². The minimum absolute atomic E-state index is 0.159. The molecule has 6 nitrogen and oxygen atoms in total. The average Bonchev–Trinajstić information content (AvgIpc) is 3.02. The van der Waals surface area contributed by atoms with E-state index in [-0.39, 0.29) is 12.1 Å². The summed E-state index contributed by atoms with van der Waals surface area (Å²) >= 11 is 0. The van der Waals surface area contributed by atoms with Gasteiger partial charge in [-0.15, -0.1) is 0 Å². The average molecular weight is 433 g/mol. The van der Waals surface area contributed by atoms with E-state index in [2.05, 4.69) is 29.6 Å². The van der Waals surface area contributed by atoms with Crippen molar-refractivity contribution in [2.75, 3.05) is 26.2 Å². The first-order chi connectivity index (χ1) is 14.4. The molecule has 1 aromatic carbocycles. The summed E-state index contributed by atoms with van der Waals surface area (Å²) in [5.74, 6) is 0.552. The number of hydrogen-bond acceptors (Lipinski definition) is 5. The Labute approximate surface area is 187 Å². The Morgan fingerprint density at radius 3 is 2.19 bits per heavy atom. The van der Waals surface area contributed by atoms with Gasteiger partial charge in [0.05, 0.1) is 0 Å². The fourth-order valence-corrected chi connectivity index (χ4v) is 3.83. The molecule has 1 N–H and O–H groups in total. The van der Waals surface area contributed by atoms with Gasteiger partial charge < -0.3 is 19.7 Å². The first-order valence-electron chi connectivity index (χ1n) is 11.4. The molecule has 0 spiro atoms. The number of esters is 1. The fraction of sp³-hybridized carbons (Fsp3) is 0.680.